The molecule has 1 aromatic heterocycles. The van der Waals surface area contributed by atoms with Gasteiger partial charge in [0.15, 0.2) is 0 Å². The molecule has 1 aliphatic heterocycles. The summed E-state index contributed by atoms with van der Waals surface area (Å²) in [4.78, 5) is 20.6. The van der Waals surface area contributed by atoms with Crippen LogP contribution < -0.4 is 5.32 Å². The molecule has 2 heterocycles. The first-order valence-corrected chi connectivity index (χ1v) is 8.78. The maximum atomic E-state index is 12.5. The van der Waals surface area contributed by atoms with Crippen molar-refractivity contribution in [1.82, 2.24) is 20.1 Å². The average molecular weight is 338 g/mol. The van der Waals surface area contributed by atoms with Gasteiger partial charge in [0.05, 0.1) is 0 Å². The Bertz CT molecular complexity index is 677. The van der Waals surface area contributed by atoms with Crippen LogP contribution in [0, 0.1) is 5.92 Å². The molecule has 0 radical (unpaired) electrons. The largest absolute Gasteiger partial charge is 0.334 e. The van der Waals surface area contributed by atoms with E-state index in [1.165, 1.54) is 5.56 Å². The predicted octanol–water partition coefficient (Wildman–Crippen LogP) is 2.74. The zero-order chi connectivity index (χ0) is 17.6. The SMILES string of the molecule is C[C@H]1CN(Cc2ccccc2)C[C@@H]1NC(=O)N(C)Cc1ccncc1. The van der Waals surface area contributed by atoms with E-state index in [0.717, 1.165) is 25.2 Å². The minimum atomic E-state index is -0.0183. The molecular formula is C20H26N4O. The average Bonchev–Trinajstić information content (AvgIpc) is 2.95. The molecule has 5 heteroatoms. The molecular weight excluding hydrogens is 312 g/mol. The molecule has 5 nitrogen and oxygen atoms in total. The third-order valence-corrected chi connectivity index (χ3v) is 4.76. The van der Waals surface area contributed by atoms with Gasteiger partial charge in [0.1, 0.15) is 0 Å². The van der Waals surface area contributed by atoms with Gasteiger partial charge in [-0.1, -0.05) is 37.3 Å². The first-order chi connectivity index (χ1) is 12.1. The van der Waals surface area contributed by atoms with Crippen molar-refractivity contribution in [2.45, 2.75) is 26.1 Å². The van der Waals surface area contributed by atoms with Gasteiger partial charge in [-0.3, -0.25) is 9.88 Å². The van der Waals surface area contributed by atoms with Gasteiger partial charge in [-0.25, -0.2) is 4.79 Å². The second-order valence-electron chi connectivity index (χ2n) is 6.92. The highest BCUT2D eigenvalue weighted by atomic mass is 16.2. The monoisotopic (exact) mass is 338 g/mol. The smallest absolute Gasteiger partial charge is 0.317 e. The Morgan fingerprint density at radius 3 is 2.60 bits per heavy atom. The number of benzene rings is 1. The van der Waals surface area contributed by atoms with Crippen LogP contribution in [0.1, 0.15) is 18.1 Å². The fourth-order valence-corrected chi connectivity index (χ4v) is 3.33. The second-order valence-corrected chi connectivity index (χ2v) is 6.92. The van der Waals surface area contributed by atoms with Gasteiger partial charge in [-0.05, 0) is 29.2 Å². The number of rotatable bonds is 5. The van der Waals surface area contributed by atoms with Gasteiger partial charge in [0.25, 0.3) is 0 Å². The highest BCUT2D eigenvalue weighted by Crippen LogP contribution is 2.19. The van der Waals surface area contributed by atoms with Crippen LogP contribution in [0.3, 0.4) is 0 Å². The van der Waals surface area contributed by atoms with Gasteiger partial charge >= 0.3 is 6.03 Å². The number of hydrogen-bond acceptors (Lipinski definition) is 3. The van der Waals surface area contributed by atoms with Crippen molar-refractivity contribution >= 4 is 6.03 Å². The van der Waals surface area contributed by atoms with Gasteiger partial charge in [-0.2, -0.15) is 0 Å². The van der Waals surface area contributed by atoms with Crippen molar-refractivity contribution in [3.8, 4) is 0 Å². The lowest BCUT2D eigenvalue weighted by atomic mass is 10.1. The van der Waals surface area contributed by atoms with Crippen LogP contribution in [0.25, 0.3) is 0 Å². The number of pyridine rings is 1. The van der Waals surface area contributed by atoms with Gasteiger partial charge < -0.3 is 10.2 Å². The van der Waals surface area contributed by atoms with Crippen molar-refractivity contribution in [2.75, 3.05) is 20.1 Å². The summed E-state index contributed by atoms with van der Waals surface area (Å²) in [6.45, 7) is 5.63. The summed E-state index contributed by atoms with van der Waals surface area (Å²) in [7, 11) is 1.83. The molecule has 2 aromatic rings. The summed E-state index contributed by atoms with van der Waals surface area (Å²) >= 11 is 0. The van der Waals surface area contributed by atoms with Crippen molar-refractivity contribution in [3.05, 3.63) is 66.0 Å². The van der Waals surface area contributed by atoms with E-state index in [1.54, 1.807) is 17.3 Å². The van der Waals surface area contributed by atoms with Crippen LogP contribution in [0.5, 0.6) is 0 Å². The van der Waals surface area contributed by atoms with Gasteiger partial charge in [-0.15, -0.1) is 0 Å². The van der Waals surface area contributed by atoms with Crippen molar-refractivity contribution < 1.29 is 4.79 Å². The highest BCUT2D eigenvalue weighted by molar-refractivity contribution is 5.74. The van der Waals surface area contributed by atoms with Crippen LogP contribution >= 0.6 is 0 Å². The van der Waals surface area contributed by atoms with Crippen LogP contribution in [-0.2, 0) is 13.1 Å². The summed E-state index contributed by atoms with van der Waals surface area (Å²) in [5.41, 5.74) is 2.40. The van der Waals surface area contributed by atoms with E-state index in [9.17, 15) is 4.79 Å². The Morgan fingerprint density at radius 1 is 1.16 bits per heavy atom. The maximum absolute atomic E-state index is 12.5. The second kappa shape index (κ2) is 8.12. The van der Waals surface area contributed by atoms with E-state index >= 15 is 0 Å². The lowest BCUT2D eigenvalue weighted by Crippen LogP contribution is -2.45. The molecule has 2 atom stereocenters. The van der Waals surface area contributed by atoms with Crippen LogP contribution in [0.4, 0.5) is 4.79 Å². The summed E-state index contributed by atoms with van der Waals surface area (Å²) in [6.07, 6.45) is 3.50. The molecule has 0 saturated carbocycles. The Morgan fingerprint density at radius 2 is 1.88 bits per heavy atom. The van der Waals surface area contributed by atoms with E-state index in [1.807, 2.05) is 25.2 Å². The van der Waals surface area contributed by atoms with Crippen LogP contribution in [0.15, 0.2) is 54.9 Å². The third-order valence-electron chi connectivity index (χ3n) is 4.76. The molecule has 0 bridgehead atoms. The Labute approximate surface area is 149 Å². The number of carbonyl (C=O) groups is 1. The Hall–Kier alpha value is -2.40. The molecule has 2 amide bonds. The van der Waals surface area contributed by atoms with Crippen LogP contribution in [-0.4, -0.2) is 47.0 Å². The fourth-order valence-electron chi connectivity index (χ4n) is 3.33. The molecule has 1 N–H and O–H groups in total. The van der Waals surface area contributed by atoms with E-state index in [4.69, 9.17) is 0 Å². The van der Waals surface area contributed by atoms with Crippen molar-refractivity contribution in [1.29, 1.82) is 0 Å². The number of amides is 2. The maximum Gasteiger partial charge on any atom is 0.317 e. The molecule has 3 rings (SSSR count). The molecule has 1 saturated heterocycles. The lowest BCUT2D eigenvalue weighted by molar-refractivity contribution is 0.200. The number of hydrogen-bond donors (Lipinski definition) is 1. The summed E-state index contributed by atoms with van der Waals surface area (Å²) < 4.78 is 0. The minimum Gasteiger partial charge on any atom is -0.334 e. The number of aromatic nitrogens is 1. The van der Waals surface area contributed by atoms with Crippen molar-refractivity contribution in [3.63, 3.8) is 0 Å². The fraction of sp³-hybridized carbons (Fsp3) is 0.400. The van der Waals surface area contributed by atoms with Crippen LogP contribution in [0.2, 0.25) is 0 Å². The van der Waals surface area contributed by atoms with E-state index in [0.29, 0.717) is 12.5 Å². The Balaban J connectivity index is 1.51. The quantitative estimate of drug-likeness (QED) is 0.912. The molecule has 1 aliphatic rings. The highest BCUT2D eigenvalue weighted by Gasteiger charge is 2.31. The standard InChI is InChI=1S/C20H26N4O/c1-16-12-24(14-17-6-4-3-5-7-17)15-19(16)22-20(25)23(2)13-18-8-10-21-11-9-18/h3-11,16,19H,12-15H2,1-2H3,(H,22,25)/t16-,19-/m0/s1. The molecule has 0 spiro atoms. The molecule has 0 aliphatic carbocycles. The predicted molar refractivity (Wildman–Crippen MR) is 98.9 cm³/mol. The number of nitrogens with zero attached hydrogens (tertiary/aromatic N) is 3. The molecule has 0 unspecified atom stereocenters. The minimum absolute atomic E-state index is 0.0183. The number of nitrogens with one attached hydrogen (secondary N) is 1. The number of likely N-dealkylation sites (tertiary alicyclic amines) is 1. The lowest BCUT2D eigenvalue weighted by Gasteiger charge is -2.23. The molecule has 1 fully saturated rings. The summed E-state index contributed by atoms with van der Waals surface area (Å²) in [5, 5.41) is 3.19. The first-order valence-electron chi connectivity index (χ1n) is 8.78. The molecule has 25 heavy (non-hydrogen) atoms. The van der Waals surface area contributed by atoms with Gasteiger partial charge in [0.2, 0.25) is 0 Å². The topological polar surface area (TPSA) is 48.5 Å². The van der Waals surface area contributed by atoms with Crippen molar-refractivity contribution in [2.24, 2.45) is 5.92 Å². The molecule has 132 valence electrons. The number of urea groups is 1. The first kappa shape index (κ1) is 17.4. The normalized spacial score (nSPS) is 20.4. The Kier molecular flexibility index (Phi) is 5.66. The van der Waals surface area contributed by atoms with E-state index in [2.05, 4.69) is 46.4 Å². The van der Waals surface area contributed by atoms with E-state index in [-0.39, 0.29) is 12.1 Å². The zero-order valence-electron chi connectivity index (χ0n) is 14.9. The number of carbonyl (C=O) groups excluding carboxylic acids is 1. The zero-order valence-corrected chi connectivity index (χ0v) is 14.9. The summed E-state index contributed by atoms with van der Waals surface area (Å²) in [5.74, 6) is 0.446. The summed E-state index contributed by atoms with van der Waals surface area (Å²) in [6, 6.07) is 14.5. The van der Waals surface area contributed by atoms with Gasteiger partial charge in [0, 0.05) is 51.7 Å². The molecule has 1 aromatic carbocycles. The van der Waals surface area contributed by atoms with E-state index < -0.39 is 0 Å². The third kappa shape index (κ3) is 4.79.